The van der Waals surface area contributed by atoms with Gasteiger partial charge in [-0.1, -0.05) is 0 Å². The molecule has 9 heteroatoms. The lowest BCUT2D eigenvalue weighted by Gasteiger charge is -2.36. The maximum atomic E-state index is 12.7. The summed E-state index contributed by atoms with van der Waals surface area (Å²) < 4.78 is 10.3. The second-order valence-corrected chi connectivity index (χ2v) is 6.88. The van der Waals surface area contributed by atoms with Gasteiger partial charge in [-0.05, 0) is 25.0 Å². The summed E-state index contributed by atoms with van der Waals surface area (Å²) in [4.78, 5) is 42.6. The molecule has 0 spiro atoms. The second kappa shape index (κ2) is 7.43. The Labute approximate surface area is 155 Å². The largest absolute Gasteiger partial charge is 0.417 e. The first kappa shape index (κ1) is 17.6. The molecule has 0 aliphatic carbocycles. The SMILES string of the molecule is O=C(Nc1ccc2[nH]c(=O)oc2c1)N1CCC[C@@H](C(=O)N2CCOCC2)C1. The van der Waals surface area contributed by atoms with Crippen LogP contribution in [0.3, 0.4) is 0 Å². The highest BCUT2D eigenvalue weighted by molar-refractivity contribution is 5.92. The standard InChI is InChI=1S/C18H22N4O5/c23-16(21-6-8-26-9-7-21)12-2-1-5-22(11-12)17(24)19-13-3-4-14-15(10-13)27-18(25)20-14/h3-4,10,12H,1-2,5-9,11H2,(H,19,24)(H,20,25)/t12-/m1/s1. The van der Waals surface area contributed by atoms with E-state index in [1.807, 2.05) is 4.90 Å². The minimum absolute atomic E-state index is 0.103. The van der Waals surface area contributed by atoms with Crippen LogP contribution >= 0.6 is 0 Å². The number of benzene rings is 1. The summed E-state index contributed by atoms with van der Waals surface area (Å²) in [7, 11) is 0. The zero-order valence-electron chi connectivity index (χ0n) is 14.9. The van der Waals surface area contributed by atoms with Crippen LogP contribution in [0.25, 0.3) is 11.1 Å². The number of hydrogen-bond acceptors (Lipinski definition) is 5. The van der Waals surface area contributed by atoms with Crippen LogP contribution in [-0.2, 0) is 9.53 Å². The lowest BCUT2D eigenvalue weighted by molar-refractivity contribution is -0.141. The molecule has 2 aliphatic heterocycles. The number of aromatic amines is 1. The molecule has 27 heavy (non-hydrogen) atoms. The van der Waals surface area contributed by atoms with Crippen molar-refractivity contribution in [2.75, 3.05) is 44.7 Å². The van der Waals surface area contributed by atoms with E-state index in [0.717, 1.165) is 12.8 Å². The van der Waals surface area contributed by atoms with Crippen molar-refractivity contribution in [2.24, 2.45) is 5.92 Å². The number of urea groups is 1. The van der Waals surface area contributed by atoms with E-state index >= 15 is 0 Å². The van der Waals surface area contributed by atoms with E-state index in [9.17, 15) is 14.4 Å². The molecular formula is C18H22N4O5. The summed E-state index contributed by atoms with van der Waals surface area (Å²) in [5, 5.41) is 2.82. The van der Waals surface area contributed by atoms with Gasteiger partial charge >= 0.3 is 11.8 Å². The molecule has 9 nitrogen and oxygen atoms in total. The van der Waals surface area contributed by atoms with Crippen LogP contribution in [0, 0.1) is 5.92 Å². The minimum atomic E-state index is -0.533. The van der Waals surface area contributed by atoms with Gasteiger partial charge in [-0.2, -0.15) is 0 Å². The van der Waals surface area contributed by atoms with Crippen LogP contribution in [0.15, 0.2) is 27.4 Å². The number of nitrogens with one attached hydrogen (secondary N) is 2. The first-order chi connectivity index (χ1) is 13.1. The summed E-state index contributed by atoms with van der Waals surface area (Å²) in [6.45, 7) is 3.39. The number of ether oxygens (including phenoxy) is 1. The Morgan fingerprint density at radius 1 is 1.15 bits per heavy atom. The summed E-state index contributed by atoms with van der Waals surface area (Å²) >= 11 is 0. The molecular weight excluding hydrogens is 352 g/mol. The first-order valence-corrected chi connectivity index (χ1v) is 9.15. The van der Waals surface area contributed by atoms with E-state index in [2.05, 4.69) is 10.3 Å². The number of likely N-dealkylation sites (tertiary alicyclic amines) is 1. The Kier molecular flexibility index (Phi) is 4.85. The Hall–Kier alpha value is -2.81. The molecule has 2 aromatic rings. The number of piperidine rings is 1. The number of rotatable bonds is 2. The highest BCUT2D eigenvalue weighted by atomic mass is 16.5. The van der Waals surface area contributed by atoms with Crippen LogP contribution in [0.5, 0.6) is 0 Å². The zero-order chi connectivity index (χ0) is 18.8. The van der Waals surface area contributed by atoms with Gasteiger partial charge in [0, 0.05) is 37.9 Å². The zero-order valence-corrected chi connectivity index (χ0v) is 14.9. The third-order valence-corrected chi connectivity index (χ3v) is 5.05. The number of H-pyrrole nitrogens is 1. The van der Waals surface area contributed by atoms with Crippen molar-refractivity contribution < 1.29 is 18.7 Å². The number of nitrogens with zero attached hydrogens (tertiary/aromatic N) is 2. The highest BCUT2D eigenvalue weighted by Crippen LogP contribution is 2.21. The molecule has 0 radical (unpaired) electrons. The quantitative estimate of drug-likeness (QED) is 0.822. The van der Waals surface area contributed by atoms with Crippen molar-refractivity contribution in [1.29, 1.82) is 0 Å². The molecule has 4 rings (SSSR count). The van der Waals surface area contributed by atoms with Crippen molar-refractivity contribution in [3.05, 3.63) is 28.7 Å². The summed E-state index contributed by atoms with van der Waals surface area (Å²) in [6.07, 6.45) is 1.58. The number of hydrogen-bond donors (Lipinski definition) is 2. The fourth-order valence-corrected chi connectivity index (χ4v) is 3.63. The van der Waals surface area contributed by atoms with Gasteiger partial charge in [-0.15, -0.1) is 0 Å². The molecule has 0 unspecified atom stereocenters. The lowest BCUT2D eigenvalue weighted by atomic mass is 9.96. The number of morpholine rings is 1. The number of fused-ring (bicyclic) bond motifs is 1. The summed E-state index contributed by atoms with van der Waals surface area (Å²) in [5.74, 6) is -0.604. The molecule has 2 fully saturated rings. The van der Waals surface area contributed by atoms with E-state index in [1.165, 1.54) is 0 Å². The third kappa shape index (κ3) is 3.82. The highest BCUT2D eigenvalue weighted by Gasteiger charge is 2.31. The van der Waals surface area contributed by atoms with Crippen molar-refractivity contribution in [3.8, 4) is 0 Å². The summed E-state index contributed by atoms with van der Waals surface area (Å²) in [6, 6.07) is 4.72. The molecule has 1 aromatic heterocycles. The van der Waals surface area contributed by atoms with Gasteiger partial charge < -0.3 is 24.3 Å². The van der Waals surface area contributed by atoms with Crippen LogP contribution in [0.4, 0.5) is 10.5 Å². The fourth-order valence-electron chi connectivity index (χ4n) is 3.63. The molecule has 3 amide bonds. The number of aromatic nitrogens is 1. The van der Waals surface area contributed by atoms with Gasteiger partial charge in [0.25, 0.3) is 0 Å². The van der Waals surface area contributed by atoms with Gasteiger partial charge in [0.15, 0.2) is 5.58 Å². The molecule has 3 heterocycles. The average molecular weight is 374 g/mol. The van der Waals surface area contributed by atoms with Crippen LogP contribution in [-0.4, -0.2) is 66.1 Å². The fraction of sp³-hybridized carbons (Fsp3) is 0.500. The Morgan fingerprint density at radius 2 is 1.96 bits per heavy atom. The number of anilines is 1. The Balaban J connectivity index is 1.40. The third-order valence-electron chi connectivity index (χ3n) is 5.05. The van der Waals surface area contributed by atoms with E-state index in [1.54, 1.807) is 23.1 Å². The van der Waals surface area contributed by atoms with Crippen molar-refractivity contribution in [3.63, 3.8) is 0 Å². The van der Waals surface area contributed by atoms with Crippen LogP contribution < -0.4 is 11.1 Å². The smallest absolute Gasteiger partial charge is 0.408 e. The number of carbonyl (C=O) groups excluding carboxylic acids is 2. The van der Waals surface area contributed by atoms with E-state index in [4.69, 9.17) is 9.15 Å². The van der Waals surface area contributed by atoms with E-state index < -0.39 is 5.76 Å². The molecule has 2 saturated heterocycles. The molecule has 0 bridgehead atoms. The predicted molar refractivity (Wildman–Crippen MR) is 97.5 cm³/mol. The van der Waals surface area contributed by atoms with Crippen LogP contribution in [0.1, 0.15) is 12.8 Å². The summed E-state index contributed by atoms with van der Waals surface area (Å²) in [5.41, 5.74) is 1.50. The lowest BCUT2D eigenvalue weighted by Crippen LogP contribution is -2.50. The molecule has 1 atom stereocenters. The van der Waals surface area contributed by atoms with Crippen molar-refractivity contribution in [2.45, 2.75) is 12.8 Å². The molecule has 144 valence electrons. The predicted octanol–water partition coefficient (Wildman–Crippen LogP) is 1.22. The average Bonchev–Trinajstić information content (AvgIpc) is 3.07. The van der Waals surface area contributed by atoms with Crippen molar-refractivity contribution >= 4 is 28.7 Å². The van der Waals surface area contributed by atoms with E-state index in [-0.39, 0.29) is 17.9 Å². The van der Waals surface area contributed by atoms with Gasteiger partial charge in [0.05, 0.1) is 24.6 Å². The molecule has 2 aliphatic rings. The van der Waals surface area contributed by atoms with Gasteiger partial charge in [0.1, 0.15) is 0 Å². The molecule has 0 saturated carbocycles. The topological polar surface area (TPSA) is 108 Å². The molecule has 1 aromatic carbocycles. The Morgan fingerprint density at radius 3 is 2.78 bits per heavy atom. The number of oxazole rings is 1. The minimum Gasteiger partial charge on any atom is -0.408 e. The van der Waals surface area contributed by atoms with Gasteiger partial charge in [-0.3, -0.25) is 9.78 Å². The van der Waals surface area contributed by atoms with Crippen LogP contribution in [0.2, 0.25) is 0 Å². The van der Waals surface area contributed by atoms with E-state index in [0.29, 0.717) is 56.2 Å². The number of amides is 3. The maximum absolute atomic E-state index is 12.7. The maximum Gasteiger partial charge on any atom is 0.417 e. The molecule has 2 N–H and O–H groups in total. The van der Waals surface area contributed by atoms with Gasteiger partial charge in [0.2, 0.25) is 5.91 Å². The monoisotopic (exact) mass is 374 g/mol. The van der Waals surface area contributed by atoms with Crippen molar-refractivity contribution in [1.82, 2.24) is 14.8 Å². The second-order valence-electron chi connectivity index (χ2n) is 6.88. The first-order valence-electron chi connectivity index (χ1n) is 9.15. The number of carbonyl (C=O) groups is 2. The van der Waals surface area contributed by atoms with Gasteiger partial charge in [-0.25, -0.2) is 9.59 Å². The Bertz CT molecular complexity index is 899. The normalized spacial score (nSPS) is 20.7.